The molecule has 0 aliphatic carbocycles. The number of amides is 1. The van der Waals surface area contributed by atoms with Crippen LogP contribution in [0.25, 0.3) is 5.69 Å². The van der Waals surface area contributed by atoms with Gasteiger partial charge in [-0.2, -0.15) is 5.10 Å². The summed E-state index contributed by atoms with van der Waals surface area (Å²) in [6.45, 7) is 4.27. The van der Waals surface area contributed by atoms with E-state index in [-0.39, 0.29) is 5.91 Å². The molecule has 4 aromatic rings. The molecular formula is C26H24FIN6OS. The van der Waals surface area contributed by atoms with Gasteiger partial charge in [0.05, 0.1) is 18.0 Å². The summed E-state index contributed by atoms with van der Waals surface area (Å²) in [6, 6.07) is 22.2. The van der Waals surface area contributed by atoms with Crippen LogP contribution in [-0.4, -0.2) is 32.1 Å². The van der Waals surface area contributed by atoms with Gasteiger partial charge in [-0.15, -0.1) is 10.2 Å². The van der Waals surface area contributed by atoms with Gasteiger partial charge in [-0.05, 0) is 78.4 Å². The maximum absolute atomic E-state index is 13.7. The highest BCUT2D eigenvalue weighted by Crippen LogP contribution is 2.27. The second-order valence-electron chi connectivity index (χ2n) is 7.90. The molecule has 3 aromatic carbocycles. The molecule has 1 amide bonds. The van der Waals surface area contributed by atoms with Gasteiger partial charge in [0, 0.05) is 20.5 Å². The lowest BCUT2D eigenvalue weighted by molar-refractivity contribution is -0.120. The molecule has 1 heterocycles. The van der Waals surface area contributed by atoms with E-state index in [1.54, 1.807) is 25.1 Å². The van der Waals surface area contributed by atoms with Crippen molar-refractivity contribution in [3.63, 3.8) is 0 Å². The highest BCUT2D eigenvalue weighted by atomic mass is 127. The van der Waals surface area contributed by atoms with Crippen LogP contribution in [0.5, 0.6) is 0 Å². The quantitative estimate of drug-likeness (QED) is 0.112. The maximum Gasteiger partial charge on any atom is 0.253 e. The SMILES string of the molecule is Cc1cc(I)ccc1NCc1nnc(SC(C)C(=O)N/N=C/c2ccccc2F)n1-c1ccccc1. The monoisotopic (exact) mass is 614 g/mol. The standard InChI is InChI=1S/C26H24FIN6OS/c1-17-14-20(28)12-13-23(17)29-16-24-31-33-26(34(24)21-9-4-3-5-10-21)36-18(2)25(35)32-30-15-19-8-6-7-11-22(19)27/h3-15,18,29H,16H2,1-2H3,(H,32,35)/b30-15+. The summed E-state index contributed by atoms with van der Waals surface area (Å²) in [7, 11) is 0. The summed E-state index contributed by atoms with van der Waals surface area (Å²) in [6.07, 6.45) is 1.29. The highest BCUT2D eigenvalue weighted by molar-refractivity contribution is 14.1. The van der Waals surface area contributed by atoms with Crippen molar-refractivity contribution in [2.75, 3.05) is 5.32 Å². The number of hydrogen-bond donors (Lipinski definition) is 2. The van der Waals surface area contributed by atoms with Crippen molar-refractivity contribution in [1.82, 2.24) is 20.2 Å². The van der Waals surface area contributed by atoms with Crippen LogP contribution >= 0.6 is 34.4 Å². The molecule has 10 heteroatoms. The Morgan fingerprint density at radius 1 is 1.14 bits per heavy atom. The number of thioether (sulfide) groups is 1. The first kappa shape index (κ1) is 25.8. The number of anilines is 1. The second-order valence-corrected chi connectivity index (χ2v) is 10.5. The van der Waals surface area contributed by atoms with Crippen LogP contribution in [0, 0.1) is 16.3 Å². The Balaban J connectivity index is 1.49. The number of hydrogen-bond acceptors (Lipinski definition) is 6. The number of nitrogens with one attached hydrogen (secondary N) is 2. The zero-order valence-corrected chi connectivity index (χ0v) is 22.6. The summed E-state index contributed by atoms with van der Waals surface area (Å²) in [4.78, 5) is 12.6. The van der Waals surface area contributed by atoms with Gasteiger partial charge in [-0.1, -0.05) is 48.2 Å². The minimum absolute atomic E-state index is 0.294. The third-order valence-electron chi connectivity index (χ3n) is 5.28. The molecule has 0 bridgehead atoms. The smallest absolute Gasteiger partial charge is 0.253 e. The number of nitrogens with zero attached hydrogens (tertiary/aromatic N) is 4. The molecule has 2 N–H and O–H groups in total. The van der Waals surface area contributed by atoms with Gasteiger partial charge in [-0.3, -0.25) is 9.36 Å². The molecule has 1 unspecified atom stereocenters. The Kier molecular flexibility index (Phi) is 8.70. The van der Waals surface area contributed by atoms with Crippen LogP contribution < -0.4 is 10.7 Å². The van der Waals surface area contributed by atoms with E-state index >= 15 is 0 Å². The Morgan fingerprint density at radius 3 is 2.64 bits per heavy atom. The number of carbonyl (C=O) groups is 1. The fourth-order valence-electron chi connectivity index (χ4n) is 3.38. The van der Waals surface area contributed by atoms with Crippen molar-refractivity contribution >= 4 is 52.2 Å². The molecular weight excluding hydrogens is 590 g/mol. The van der Waals surface area contributed by atoms with Crippen molar-refractivity contribution in [3.8, 4) is 5.69 Å². The minimum Gasteiger partial charge on any atom is -0.378 e. The predicted octanol–water partition coefficient (Wildman–Crippen LogP) is 5.56. The number of hydrazone groups is 1. The fraction of sp³-hybridized carbons (Fsp3) is 0.154. The zero-order chi connectivity index (χ0) is 25.5. The fourth-order valence-corrected chi connectivity index (χ4v) is 4.90. The van der Waals surface area contributed by atoms with Crippen LogP contribution in [0.15, 0.2) is 83.1 Å². The van der Waals surface area contributed by atoms with Crippen LogP contribution in [0.1, 0.15) is 23.9 Å². The van der Waals surface area contributed by atoms with E-state index in [4.69, 9.17) is 0 Å². The van der Waals surface area contributed by atoms with E-state index in [2.05, 4.69) is 61.6 Å². The first-order valence-corrected chi connectivity index (χ1v) is 13.1. The maximum atomic E-state index is 13.7. The molecule has 0 saturated heterocycles. The largest absolute Gasteiger partial charge is 0.378 e. The number of halogens is 2. The molecule has 0 radical (unpaired) electrons. The molecule has 1 aromatic heterocycles. The van der Waals surface area contributed by atoms with E-state index in [0.29, 0.717) is 23.1 Å². The molecule has 1 atom stereocenters. The molecule has 184 valence electrons. The van der Waals surface area contributed by atoms with E-state index in [0.717, 1.165) is 16.9 Å². The summed E-state index contributed by atoms with van der Waals surface area (Å²) in [5.74, 6) is -0.0216. The first-order chi connectivity index (χ1) is 17.4. The van der Waals surface area contributed by atoms with Gasteiger partial charge in [0.25, 0.3) is 5.91 Å². The summed E-state index contributed by atoms with van der Waals surface area (Å²) < 4.78 is 16.9. The van der Waals surface area contributed by atoms with E-state index in [9.17, 15) is 9.18 Å². The minimum atomic E-state index is -0.520. The summed E-state index contributed by atoms with van der Waals surface area (Å²) in [5, 5.41) is 16.2. The highest BCUT2D eigenvalue weighted by Gasteiger charge is 2.21. The van der Waals surface area contributed by atoms with Crippen molar-refractivity contribution in [2.45, 2.75) is 30.8 Å². The second kappa shape index (κ2) is 12.1. The number of carbonyl (C=O) groups excluding carboxylic acids is 1. The topological polar surface area (TPSA) is 84.2 Å². The summed E-state index contributed by atoms with van der Waals surface area (Å²) >= 11 is 3.56. The summed E-state index contributed by atoms with van der Waals surface area (Å²) in [5.41, 5.74) is 5.83. The molecule has 7 nitrogen and oxygen atoms in total. The van der Waals surface area contributed by atoms with Crippen molar-refractivity contribution in [2.24, 2.45) is 5.10 Å². The van der Waals surface area contributed by atoms with Crippen molar-refractivity contribution in [1.29, 1.82) is 0 Å². The average Bonchev–Trinajstić information content (AvgIpc) is 3.27. The number of para-hydroxylation sites is 1. The van der Waals surface area contributed by atoms with E-state index < -0.39 is 11.1 Å². The third kappa shape index (κ3) is 6.49. The molecule has 0 aliphatic rings. The van der Waals surface area contributed by atoms with E-state index in [1.165, 1.54) is 27.6 Å². The Bertz CT molecular complexity index is 1380. The lowest BCUT2D eigenvalue weighted by Crippen LogP contribution is -2.27. The lowest BCUT2D eigenvalue weighted by atomic mass is 10.2. The van der Waals surface area contributed by atoms with Gasteiger partial charge >= 0.3 is 0 Å². The van der Waals surface area contributed by atoms with Gasteiger partial charge in [0.1, 0.15) is 5.82 Å². The van der Waals surface area contributed by atoms with Crippen molar-refractivity contribution < 1.29 is 9.18 Å². The molecule has 4 rings (SSSR count). The Labute approximate surface area is 226 Å². The molecule has 0 aliphatic heterocycles. The van der Waals surface area contributed by atoms with Gasteiger partial charge in [0.2, 0.25) is 0 Å². The normalized spacial score (nSPS) is 12.0. The first-order valence-electron chi connectivity index (χ1n) is 11.2. The Hall–Kier alpha value is -3.25. The lowest BCUT2D eigenvalue weighted by Gasteiger charge is -2.14. The molecule has 0 spiro atoms. The molecule has 0 saturated carbocycles. The van der Waals surface area contributed by atoms with Gasteiger partial charge < -0.3 is 5.32 Å². The molecule has 0 fully saturated rings. The van der Waals surface area contributed by atoms with Gasteiger partial charge in [0.15, 0.2) is 11.0 Å². The zero-order valence-electron chi connectivity index (χ0n) is 19.7. The third-order valence-corrected chi connectivity index (χ3v) is 6.99. The van der Waals surface area contributed by atoms with Crippen LogP contribution in [0.4, 0.5) is 10.1 Å². The van der Waals surface area contributed by atoms with Crippen LogP contribution in [-0.2, 0) is 11.3 Å². The van der Waals surface area contributed by atoms with Crippen LogP contribution in [0.2, 0.25) is 0 Å². The number of aromatic nitrogens is 3. The van der Waals surface area contributed by atoms with E-state index in [1.807, 2.05) is 47.0 Å². The van der Waals surface area contributed by atoms with Crippen LogP contribution in [0.3, 0.4) is 0 Å². The number of rotatable bonds is 9. The molecule has 36 heavy (non-hydrogen) atoms. The number of benzene rings is 3. The average molecular weight is 614 g/mol. The van der Waals surface area contributed by atoms with Crippen molar-refractivity contribution in [3.05, 3.63) is 99.1 Å². The number of aryl methyl sites for hydroxylation is 1. The Morgan fingerprint density at radius 2 is 1.89 bits per heavy atom. The predicted molar refractivity (Wildman–Crippen MR) is 150 cm³/mol. The van der Waals surface area contributed by atoms with Gasteiger partial charge in [-0.25, -0.2) is 9.82 Å².